The molecule has 0 bridgehead atoms. The summed E-state index contributed by atoms with van der Waals surface area (Å²) in [7, 11) is 0. The lowest BCUT2D eigenvalue weighted by atomic mass is 10.1. The number of thioether (sulfide) groups is 1. The number of anilines is 1. The molecule has 0 N–H and O–H groups in total. The van der Waals surface area contributed by atoms with Crippen molar-refractivity contribution in [3.63, 3.8) is 0 Å². The first-order valence-electron chi connectivity index (χ1n) is 11.5. The third-order valence-electron chi connectivity index (χ3n) is 5.87. The van der Waals surface area contributed by atoms with E-state index in [-0.39, 0.29) is 17.5 Å². The van der Waals surface area contributed by atoms with Crippen molar-refractivity contribution < 1.29 is 9.18 Å². The van der Waals surface area contributed by atoms with Gasteiger partial charge in [0, 0.05) is 12.2 Å². The summed E-state index contributed by atoms with van der Waals surface area (Å²) < 4.78 is 15.4. The number of piperidine rings is 1. The first-order chi connectivity index (χ1) is 16.1. The van der Waals surface area contributed by atoms with Crippen molar-refractivity contribution >= 4 is 23.4 Å². The van der Waals surface area contributed by atoms with Gasteiger partial charge in [-0.25, -0.2) is 4.39 Å². The Morgan fingerprint density at radius 3 is 2.42 bits per heavy atom. The zero-order valence-corrected chi connectivity index (χ0v) is 19.8. The van der Waals surface area contributed by atoms with Gasteiger partial charge in [-0.05, 0) is 62.7 Å². The number of carbonyl (C=O) groups excluding carboxylic acids is 1. The van der Waals surface area contributed by atoms with Crippen LogP contribution in [0.2, 0.25) is 0 Å². The molecule has 0 aliphatic carbocycles. The van der Waals surface area contributed by atoms with Gasteiger partial charge in [-0.2, -0.15) is 0 Å². The second-order valence-corrected chi connectivity index (χ2v) is 9.15. The molecule has 3 aromatic rings. The molecule has 1 fully saturated rings. The molecule has 0 unspecified atom stereocenters. The minimum atomic E-state index is -0.313. The summed E-state index contributed by atoms with van der Waals surface area (Å²) in [5.74, 6) is 0.816. The summed E-state index contributed by atoms with van der Waals surface area (Å²) in [5.41, 5.74) is 1.87. The fourth-order valence-electron chi connectivity index (χ4n) is 4.11. The molecule has 1 aliphatic heterocycles. The van der Waals surface area contributed by atoms with E-state index in [0.29, 0.717) is 18.8 Å². The number of likely N-dealkylation sites (tertiary alicyclic amines) is 1. The first kappa shape index (κ1) is 23.4. The Morgan fingerprint density at radius 1 is 1.00 bits per heavy atom. The largest absolute Gasteiger partial charge is 0.312 e. The Balaban J connectivity index is 1.49. The number of hydrogen-bond acceptors (Lipinski definition) is 5. The summed E-state index contributed by atoms with van der Waals surface area (Å²) in [6.07, 6.45) is 3.73. The lowest BCUT2D eigenvalue weighted by Crippen LogP contribution is -2.32. The number of rotatable bonds is 9. The zero-order chi connectivity index (χ0) is 23.0. The lowest BCUT2D eigenvalue weighted by molar-refractivity contribution is -0.116. The summed E-state index contributed by atoms with van der Waals surface area (Å²) in [5, 5.41) is 9.69. The molecule has 2 aromatic carbocycles. The third kappa shape index (κ3) is 6.21. The highest BCUT2D eigenvalue weighted by molar-refractivity contribution is 7.99. The average molecular weight is 468 g/mol. The first-order valence-corrected chi connectivity index (χ1v) is 12.5. The molecule has 0 atom stereocenters. The van der Waals surface area contributed by atoms with Crippen molar-refractivity contribution in [1.82, 2.24) is 19.7 Å². The smallest absolute Gasteiger partial charge is 0.237 e. The van der Waals surface area contributed by atoms with Gasteiger partial charge in [0.05, 0.1) is 18.8 Å². The molecule has 0 saturated carbocycles. The molecule has 0 spiro atoms. The van der Waals surface area contributed by atoms with Crippen molar-refractivity contribution in [2.24, 2.45) is 0 Å². The van der Waals surface area contributed by atoms with E-state index in [1.807, 2.05) is 25.1 Å². The molecule has 1 amide bonds. The van der Waals surface area contributed by atoms with Gasteiger partial charge in [-0.3, -0.25) is 9.69 Å². The van der Waals surface area contributed by atoms with Gasteiger partial charge in [-0.1, -0.05) is 48.5 Å². The van der Waals surface area contributed by atoms with Gasteiger partial charge in [0.1, 0.15) is 11.6 Å². The average Bonchev–Trinajstić information content (AvgIpc) is 3.21. The summed E-state index contributed by atoms with van der Waals surface area (Å²) in [4.78, 5) is 17.1. The van der Waals surface area contributed by atoms with Crippen LogP contribution < -0.4 is 4.90 Å². The molecule has 174 valence electrons. The second-order valence-electron chi connectivity index (χ2n) is 8.21. The van der Waals surface area contributed by atoms with Crippen LogP contribution in [0.15, 0.2) is 59.8 Å². The fraction of sp³-hybridized carbons (Fsp3) is 0.400. The van der Waals surface area contributed by atoms with Crippen molar-refractivity contribution in [3.05, 3.63) is 71.8 Å². The topological polar surface area (TPSA) is 54.3 Å². The molecule has 33 heavy (non-hydrogen) atoms. The van der Waals surface area contributed by atoms with Gasteiger partial charge in [0.25, 0.3) is 0 Å². The highest BCUT2D eigenvalue weighted by Crippen LogP contribution is 2.23. The van der Waals surface area contributed by atoms with E-state index in [2.05, 4.69) is 31.8 Å². The minimum absolute atomic E-state index is 0.0408. The molecule has 4 rings (SSSR count). The summed E-state index contributed by atoms with van der Waals surface area (Å²) >= 11 is 1.40. The van der Waals surface area contributed by atoms with E-state index >= 15 is 0 Å². The van der Waals surface area contributed by atoms with Crippen molar-refractivity contribution in [1.29, 1.82) is 0 Å². The molecule has 6 nitrogen and oxygen atoms in total. The molecule has 1 aromatic heterocycles. The number of nitrogens with zero attached hydrogens (tertiary/aromatic N) is 5. The molecular formula is C25H30FN5OS. The highest BCUT2D eigenvalue weighted by atomic mass is 32.2. The van der Waals surface area contributed by atoms with E-state index in [1.54, 1.807) is 17.0 Å². The lowest BCUT2D eigenvalue weighted by Gasteiger charge is -2.26. The number of benzene rings is 2. The van der Waals surface area contributed by atoms with E-state index in [9.17, 15) is 9.18 Å². The fourth-order valence-corrected chi connectivity index (χ4v) is 4.95. The van der Waals surface area contributed by atoms with Gasteiger partial charge in [0.15, 0.2) is 5.16 Å². The predicted octanol–water partition coefficient (Wildman–Crippen LogP) is 4.60. The van der Waals surface area contributed by atoms with Crippen LogP contribution in [0.25, 0.3) is 0 Å². The Hall–Kier alpha value is -2.71. The molecular weight excluding hydrogens is 437 g/mol. The maximum Gasteiger partial charge on any atom is 0.237 e. The highest BCUT2D eigenvalue weighted by Gasteiger charge is 2.20. The summed E-state index contributed by atoms with van der Waals surface area (Å²) in [6, 6.07) is 16.3. The van der Waals surface area contributed by atoms with Gasteiger partial charge in [-0.15, -0.1) is 10.2 Å². The van der Waals surface area contributed by atoms with Crippen LogP contribution in [0.5, 0.6) is 0 Å². The van der Waals surface area contributed by atoms with Crippen LogP contribution >= 0.6 is 11.8 Å². The van der Waals surface area contributed by atoms with Gasteiger partial charge < -0.3 is 9.47 Å². The van der Waals surface area contributed by atoms with Crippen molar-refractivity contribution in [2.75, 3.05) is 30.3 Å². The van der Waals surface area contributed by atoms with Crippen LogP contribution in [-0.4, -0.2) is 51.0 Å². The Labute approximate surface area is 198 Å². The Morgan fingerprint density at radius 2 is 1.73 bits per heavy atom. The van der Waals surface area contributed by atoms with Crippen molar-refractivity contribution in [3.8, 4) is 0 Å². The monoisotopic (exact) mass is 467 g/mol. The summed E-state index contributed by atoms with van der Waals surface area (Å²) in [6.45, 7) is 6.04. The molecule has 0 radical (unpaired) electrons. The number of halogens is 1. The second kappa shape index (κ2) is 11.4. The number of aromatic nitrogens is 3. The Kier molecular flexibility index (Phi) is 8.12. The maximum atomic E-state index is 13.3. The predicted molar refractivity (Wildman–Crippen MR) is 130 cm³/mol. The standard InChI is InChI=1S/C25H30FN5OS/c1-2-30(22-13-11-21(26)12-14-22)24(32)19-33-25-28-27-23(18-29-15-7-4-8-16-29)31(25)17-20-9-5-3-6-10-20/h3,5-6,9-14H,2,4,7-8,15-19H2,1H3. The molecule has 2 heterocycles. The van der Waals surface area contributed by atoms with Crippen LogP contribution in [0, 0.1) is 5.82 Å². The number of hydrogen-bond donors (Lipinski definition) is 0. The SMILES string of the molecule is CCN(C(=O)CSc1nnc(CN2CCCCC2)n1Cc1ccccc1)c1ccc(F)cc1. The van der Waals surface area contributed by atoms with Crippen LogP contribution in [0.1, 0.15) is 37.6 Å². The number of carbonyl (C=O) groups is 1. The van der Waals surface area contributed by atoms with E-state index in [4.69, 9.17) is 0 Å². The van der Waals surface area contributed by atoms with Gasteiger partial charge in [0.2, 0.25) is 5.91 Å². The number of amides is 1. The van der Waals surface area contributed by atoms with Crippen LogP contribution in [0.4, 0.5) is 10.1 Å². The minimum Gasteiger partial charge on any atom is -0.312 e. The quantitative estimate of drug-likeness (QED) is 0.431. The van der Waals surface area contributed by atoms with E-state index in [0.717, 1.165) is 30.6 Å². The maximum absolute atomic E-state index is 13.3. The van der Waals surface area contributed by atoms with E-state index < -0.39 is 0 Å². The zero-order valence-electron chi connectivity index (χ0n) is 19.0. The third-order valence-corrected chi connectivity index (χ3v) is 6.82. The molecule has 8 heteroatoms. The van der Waals surface area contributed by atoms with Crippen LogP contribution in [0.3, 0.4) is 0 Å². The Bertz CT molecular complexity index is 1030. The van der Waals surface area contributed by atoms with Crippen LogP contribution in [-0.2, 0) is 17.9 Å². The molecule has 1 aliphatic rings. The van der Waals surface area contributed by atoms with Gasteiger partial charge >= 0.3 is 0 Å². The van der Waals surface area contributed by atoms with E-state index in [1.165, 1.54) is 48.7 Å². The molecule has 1 saturated heterocycles. The van der Waals surface area contributed by atoms with Crippen molar-refractivity contribution in [2.45, 2.75) is 44.4 Å². The normalized spacial score (nSPS) is 14.4.